The monoisotopic (exact) mass is 292 g/mol. The molecule has 0 bridgehead atoms. The fraction of sp³-hybridized carbons (Fsp3) is 0.357. The van der Waals surface area contributed by atoms with Crippen molar-refractivity contribution in [3.63, 3.8) is 0 Å². The lowest BCUT2D eigenvalue weighted by Gasteiger charge is -2.09. The van der Waals surface area contributed by atoms with Gasteiger partial charge in [0.25, 0.3) is 0 Å². The second kappa shape index (κ2) is 6.34. The van der Waals surface area contributed by atoms with E-state index in [2.05, 4.69) is 15.4 Å². The first-order valence-corrected chi connectivity index (χ1v) is 6.69. The van der Waals surface area contributed by atoms with Crippen LogP contribution in [0.3, 0.4) is 0 Å². The molecule has 2 rings (SSSR count). The van der Waals surface area contributed by atoms with Crippen LogP contribution in [0.4, 0.5) is 10.2 Å². The van der Waals surface area contributed by atoms with Crippen LogP contribution in [0.15, 0.2) is 18.3 Å². The Labute approximate surface area is 121 Å². The summed E-state index contributed by atoms with van der Waals surface area (Å²) < 4.78 is 20.7. The van der Waals surface area contributed by atoms with Crippen molar-refractivity contribution in [3.8, 4) is 11.3 Å². The molecule has 0 fully saturated rings. The lowest BCUT2D eigenvalue weighted by molar-refractivity contribution is 0.0527. The van der Waals surface area contributed by atoms with E-state index in [0.717, 1.165) is 0 Å². The van der Waals surface area contributed by atoms with Crippen LogP contribution in [0.1, 0.15) is 24.2 Å². The zero-order valence-corrected chi connectivity index (χ0v) is 12.2. The molecule has 0 atom stereocenters. The highest BCUT2D eigenvalue weighted by Gasteiger charge is 2.22. The fourth-order valence-corrected chi connectivity index (χ4v) is 2.02. The molecule has 0 aliphatic rings. The van der Waals surface area contributed by atoms with Crippen molar-refractivity contribution in [2.45, 2.75) is 20.4 Å². The first-order chi connectivity index (χ1) is 10.1. The first kappa shape index (κ1) is 15.0. The number of nitrogens with one attached hydrogen (secondary N) is 1. The highest BCUT2D eigenvalue weighted by molar-refractivity contribution is 5.96. The topological polar surface area (TPSA) is 69.0 Å². The smallest absolute Gasteiger partial charge is 0.341 e. The number of hydrogen-bond acceptors (Lipinski definition) is 5. The van der Waals surface area contributed by atoms with Gasteiger partial charge < -0.3 is 10.1 Å². The average Bonchev–Trinajstić information content (AvgIpc) is 2.91. The van der Waals surface area contributed by atoms with Crippen LogP contribution in [0.2, 0.25) is 0 Å². The Morgan fingerprint density at radius 3 is 2.76 bits per heavy atom. The van der Waals surface area contributed by atoms with Crippen molar-refractivity contribution in [1.29, 1.82) is 0 Å². The van der Waals surface area contributed by atoms with Gasteiger partial charge in [0.2, 0.25) is 5.95 Å². The Morgan fingerprint density at radius 1 is 1.43 bits per heavy atom. The molecule has 0 spiro atoms. The molecule has 1 N–H and O–H groups in total. The second-order valence-corrected chi connectivity index (χ2v) is 4.23. The predicted octanol–water partition coefficient (Wildman–Crippen LogP) is 2.32. The fourth-order valence-electron chi connectivity index (χ4n) is 2.02. The second-order valence-electron chi connectivity index (χ2n) is 4.23. The van der Waals surface area contributed by atoms with Gasteiger partial charge in [-0.3, -0.25) is 4.68 Å². The van der Waals surface area contributed by atoms with Gasteiger partial charge in [0.15, 0.2) is 0 Å². The van der Waals surface area contributed by atoms with Gasteiger partial charge in [-0.05, 0) is 26.0 Å². The number of aryl methyl sites for hydroxylation is 1. The minimum Gasteiger partial charge on any atom is -0.462 e. The van der Waals surface area contributed by atoms with Crippen molar-refractivity contribution in [2.24, 2.45) is 0 Å². The SMILES string of the molecule is CCOC(=O)c1cnn(CC)c1-c1ccc(NC)nc1F. The molecule has 0 radical (unpaired) electrons. The lowest BCUT2D eigenvalue weighted by Crippen LogP contribution is -2.09. The molecule has 0 amide bonds. The molecule has 2 aromatic heterocycles. The van der Waals surface area contributed by atoms with E-state index in [1.165, 1.54) is 6.20 Å². The zero-order chi connectivity index (χ0) is 15.4. The van der Waals surface area contributed by atoms with E-state index in [1.54, 1.807) is 30.8 Å². The van der Waals surface area contributed by atoms with Crippen LogP contribution in [-0.2, 0) is 11.3 Å². The highest BCUT2D eigenvalue weighted by atomic mass is 19.1. The maximum absolute atomic E-state index is 14.2. The summed E-state index contributed by atoms with van der Waals surface area (Å²) in [5.41, 5.74) is 0.830. The van der Waals surface area contributed by atoms with E-state index < -0.39 is 11.9 Å². The Hall–Kier alpha value is -2.44. The number of carbonyl (C=O) groups is 1. The molecule has 2 aromatic rings. The zero-order valence-electron chi connectivity index (χ0n) is 12.2. The maximum atomic E-state index is 14.2. The minimum atomic E-state index is -0.664. The standard InChI is InChI=1S/C14H17FN4O2/c1-4-19-12(10(8-17-19)14(20)21-5-2)9-6-7-11(16-3)18-13(9)15/h6-8H,4-5H2,1-3H3,(H,16,18). The number of pyridine rings is 1. The van der Waals surface area contributed by atoms with Crippen molar-refractivity contribution in [3.05, 3.63) is 29.8 Å². The van der Waals surface area contributed by atoms with Crippen LogP contribution in [0, 0.1) is 5.95 Å². The molecule has 112 valence electrons. The van der Waals surface area contributed by atoms with Gasteiger partial charge in [0.05, 0.1) is 24.1 Å². The number of nitrogens with zero attached hydrogens (tertiary/aromatic N) is 3. The van der Waals surface area contributed by atoms with Gasteiger partial charge in [-0.15, -0.1) is 0 Å². The number of carbonyl (C=O) groups excluding carboxylic acids is 1. The van der Waals surface area contributed by atoms with Crippen molar-refractivity contribution in [2.75, 3.05) is 19.0 Å². The van der Waals surface area contributed by atoms with Gasteiger partial charge in [-0.1, -0.05) is 0 Å². The number of anilines is 1. The van der Waals surface area contributed by atoms with E-state index in [0.29, 0.717) is 18.1 Å². The van der Waals surface area contributed by atoms with Crippen LogP contribution in [0.5, 0.6) is 0 Å². The van der Waals surface area contributed by atoms with Crippen molar-refractivity contribution < 1.29 is 13.9 Å². The summed E-state index contributed by atoms with van der Waals surface area (Å²) >= 11 is 0. The Kier molecular flexibility index (Phi) is 4.52. The molecule has 0 saturated heterocycles. The minimum absolute atomic E-state index is 0.219. The van der Waals surface area contributed by atoms with E-state index in [9.17, 15) is 9.18 Å². The highest BCUT2D eigenvalue weighted by Crippen LogP contribution is 2.27. The number of hydrogen-bond donors (Lipinski definition) is 1. The van der Waals surface area contributed by atoms with Gasteiger partial charge >= 0.3 is 5.97 Å². The van der Waals surface area contributed by atoms with E-state index >= 15 is 0 Å². The molecular weight excluding hydrogens is 275 g/mol. The Bertz CT molecular complexity index is 654. The normalized spacial score (nSPS) is 10.5. The number of ether oxygens (including phenoxy) is 1. The molecule has 7 heteroatoms. The average molecular weight is 292 g/mol. The molecule has 2 heterocycles. The number of rotatable bonds is 5. The predicted molar refractivity (Wildman–Crippen MR) is 76.6 cm³/mol. The molecule has 0 aliphatic heterocycles. The maximum Gasteiger partial charge on any atom is 0.341 e. The third-order valence-corrected chi connectivity index (χ3v) is 2.99. The largest absolute Gasteiger partial charge is 0.462 e. The summed E-state index contributed by atoms with van der Waals surface area (Å²) in [6.45, 7) is 4.32. The van der Waals surface area contributed by atoms with Crippen molar-refractivity contribution in [1.82, 2.24) is 14.8 Å². The Morgan fingerprint density at radius 2 is 2.19 bits per heavy atom. The quantitative estimate of drug-likeness (QED) is 0.676. The van der Waals surface area contributed by atoms with Gasteiger partial charge in [-0.25, -0.2) is 9.78 Å². The van der Waals surface area contributed by atoms with Gasteiger partial charge in [0, 0.05) is 13.6 Å². The summed E-state index contributed by atoms with van der Waals surface area (Å²) in [7, 11) is 1.65. The van der Waals surface area contributed by atoms with Crippen LogP contribution >= 0.6 is 0 Å². The molecular formula is C14H17FN4O2. The number of halogens is 1. The van der Waals surface area contributed by atoms with E-state index in [1.807, 2.05) is 6.92 Å². The summed E-state index contributed by atoms with van der Waals surface area (Å²) in [4.78, 5) is 15.8. The third-order valence-electron chi connectivity index (χ3n) is 2.99. The van der Waals surface area contributed by atoms with Crippen LogP contribution in [-0.4, -0.2) is 34.4 Å². The van der Waals surface area contributed by atoms with Gasteiger partial charge in [-0.2, -0.15) is 9.49 Å². The van der Waals surface area contributed by atoms with E-state index in [4.69, 9.17) is 4.74 Å². The van der Waals surface area contributed by atoms with Crippen LogP contribution < -0.4 is 5.32 Å². The summed E-state index contributed by atoms with van der Waals surface area (Å²) in [5.74, 6) is -0.775. The molecule has 6 nitrogen and oxygen atoms in total. The molecule has 0 unspecified atom stereocenters. The third kappa shape index (κ3) is 2.86. The summed E-state index contributed by atoms with van der Waals surface area (Å²) in [6, 6.07) is 3.21. The number of esters is 1. The van der Waals surface area contributed by atoms with Gasteiger partial charge in [0.1, 0.15) is 11.4 Å². The molecule has 0 saturated carbocycles. The summed E-state index contributed by atoms with van der Waals surface area (Å²) in [6.07, 6.45) is 1.39. The Balaban J connectivity index is 2.56. The molecule has 0 aromatic carbocycles. The summed E-state index contributed by atoms with van der Waals surface area (Å²) in [5, 5.41) is 6.87. The molecule has 0 aliphatic carbocycles. The number of aromatic nitrogens is 3. The van der Waals surface area contributed by atoms with Crippen LogP contribution in [0.25, 0.3) is 11.3 Å². The van der Waals surface area contributed by atoms with Crippen molar-refractivity contribution >= 4 is 11.8 Å². The lowest BCUT2D eigenvalue weighted by atomic mass is 10.1. The molecule has 21 heavy (non-hydrogen) atoms. The first-order valence-electron chi connectivity index (χ1n) is 6.69. The van der Waals surface area contributed by atoms with E-state index in [-0.39, 0.29) is 17.7 Å².